The van der Waals surface area contributed by atoms with Crippen LogP contribution in [-0.4, -0.2) is 62.9 Å². The lowest BCUT2D eigenvalue weighted by Crippen LogP contribution is -2.34. The first-order chi connectivity index (χ1) is 9.89. The average molecular weight is 312 g/mol. The van der Waals surface area contributed by atoms with Crippen LogP contribution in [0, 0.1) is 0 Å². The Morgan fingerprint density at radius 1 is 1.24 bits per heavy atom. The maximum Gasteiger partial charge on any atom is 0.260 e. The van der Waals surface area contributed by atoms with Gasteiger partial charge in [-0.1, -0.05) is 6.07 Å². The number of aromatic nitrogens is 1. The van der Waals surface area contributed by atoms with E-state index in [1.807, 2.05) is 25.1 Å². The number of likely N-dealkylation sites (N-methyl/N-ethyl adjacent to an activating group) is 2. The van der Waals surface area contributed by atoms with Crippen molar-refractivity contribution in [1.29, 1.82) is 0 Å². The smallest absolute Gasteiger partial charge is 0.260 e. The van der Waals surface area contributed by atoms with E-state index in [9.17, 15) is 8.42 Å². The SMILES string of the molecule is CN(C)CCN(C)S(=O)(=O)c1ccc(CNC2CC2)cn1. The standard InChI is InChI=1S/C14H24N4O2S/c1-17(2)8-9-18(3)21(19,20)14-7-4-12(11-16-14)10-15-13-5-6-13/h4,7,11,13,15H,5-6,8-10H2,1-3H3. The zero-order valence-electron chi connectivity index (χ0n) is 12.9. The first-order valence-corrected chi connectivity index (χ1v) is 8.63. The second-order valence-corrected chi connectivity index (χ2v) is 7.78. The molecule has 118 valence electrons. The van der Waals surface area contributed by atoms with E-state index in [4.69, 9.17) is 0 Å². The van der Waals surface area contributed by atoms with Gasteiger partial charge in [-0.2, -0.15) is 4.31 Å². The van der Waals surface area contributed by atoms with Gasteiger partial charge in [0.05, 0.1) is 0 Å². The molecule has 0 bridgehead atoms. The minimum atomic E-state index is -3.50. The first-order valence-electron chi connectivity index (χ1n) is 7.19. The molecule has 1 aromatic rings. The number of hydrogen-bond donors (Lipinski definition) is 1. The van der Waals surface area contributed by atoms with E-state index in [1.165, 1.54) is 17.1 Å². The lowest BCUT2D eigenvalue weighted by Gasteiger charge is -2.19. The van der Waals surface area contributed by atoms with Gasteiger partial charge in [-0.05, 0) is 38.6 Å². The van der Waals surface area contributed by atoms with Gasteiger partial charge in [0.15, 0.2) is 5.03 Å². The minimum absolute atomic E-state index is 0.110. The molecule has 6 nitrogen and oxygen atoms in total. The number of pyridine rings is 1. The van der Waals surface area contributed by atoms with Crippen molar-refractivity contribution in [2.75, 3.05) is 34.2 Å². The van der Waals surface area contributed by atoms with Gasteiger partial charge in [0, 0.05) is 38.9 Å². The molecule has 0 unspecified atom stereocenters. The van der Waals surface area contributed by atoms with Crippen molar-refractivity contribution in [1.82, 2.24) is 19.5 Å². The molecule has 0 spiro atoms. The first kappa shape index (κ1) is 16.4. The summed E-state index contributed by atoms with van der Waals surface area (Å²) in [4.78, 5) is 6.06. The van der Waals surface area contributed by atoms with Crippen LogP contribution in [0.2, 0.25) is 0 Å². The van der Waals surface area contributed by atoms with Gasteiger partial charge < -0.3 is 10.2 Å². The number of nitrogens with one attached hydrogen (secondary N) is 1. The summed E-state index contributed by atoms with van der Waals surface area (Å²) >= 11 is 0. The summed E-state index contributed by atoms with van der Waals surface area (Å²) in [5, 5.41) is 3.49. The molecule has 1 N–H and O–H groups in total. The average Bonchev–Trinajstić information content (AvgIpc) is 3.27. The molecule has 1 fully saturated rings. The zero-order chi connectivity index (χ0) is 15.5. The highest BCUT2D eigenvalue weighted by Gasteiger charge is 2.22. The van der Waals surface area contributed by atoms with Crippen LogP contribution < -0.4 is 5.32 Å². The van der Waals surface area contributed by atoms with Crippen LogP contribution in [0.15, 0.2) is 23.4 Å². The Hall–Kier alpha value is -1.02. The molecule has 0 atom stereocenters. The highest BCUT2D eigenvalue weighted by atomic mass is 32.2. The second kappa shape index (κ2) is 6.83. The van der Waals surface area contributed by atoms with Crippen LogP contribution in [0.25, 0.3) is 0 Å². The molecular formula is C14H24N4O2S. The molecule has 1 aliphatic carbocycles. The van der Waals surface area contributed by atoms with Crippen LogP contribution >= 0.6 is 0 Å². The quantitative estimate of drug-likeness (QED) is 0.758. The monoisotopic (exact) mass is 312 g/mol. The number of rotatable bonds is 8. The van der Waals surface area contributed by atoms with Crippen molar-refractivity contribution in [2.24, 2.45) is 0 Å². The maximum absolute atomic E-state index is 12.4. The summed E-state index contributed by atoms with van der Waals surface area (Å²) in [5.41, 5.74) is 1.01. The highest BCUT2D eigenvalue weighted by Crippen LogP contribution is 2.19. The van der Waals surface area contributed by atoms with Gasteiger partial charge in [0.25, 0.3) is 10.0 Å². The normalized spacial score (nSPS) is 15.9. The predicted molar refractivity (Wildman–Crippen MR) is 82.5 cm³/mol. The van der Waals surface area contributed by atoms with Crippen LogP contribution in [0.1, 0.15) is 18.4 Å². The van der Waals surface area contributed by atoms with Gasteiger partial charge in [-0.15, -0.1) is 0 Å². The molecule has 0 amide bonds. The molecule has 7 heteroatoms. The molecule has 1 aromatic heterocycles. The molecule has 1 aliphatic rings. The Balaban J connectivity index is 1.98. The van der Waals surface area contributed by atoms with Crippen molar-refractivity contribution in [3.05, 3.63) is 23.9 Å². The number of nitrogens with zero attached hydrogens (tertiary/aromatic N) is 3. The molecule has 0 radical (unpaired) electrons. The van der Waals surface area contributed by atoms with Crippen molar-refractivity contribution < 1.29 is 8.42 Å². The molecular weight excluding hydrogens is 288 g/mol. The van der Waals surface area contributed by atoms with Gasteiger partial charge in [0.1, 0.15) is 0 Å². The lowest BCUT2D eigenvalue weighted by atomic mass is 10.3. The molecule has 21 heavy (non-hydrogen) atoms. The molecule has 0 saturated heterocycles. The fourth-order valence-electron chi connectivity index (χ4n) is 1.84. The van der Waals surface area contributed by atoms with E-state index in [1.54, 1.807) is 19.3 Å². The molecule has 0 aromatic carbocycles. The van der Waals surface area contributed by atoms with Crippen LogP contribution in [0.3, 0.4) is 0 Å². The van der Waals surface area contributed by atoms with Crippen molar-refractivity contribution in [3.63, 3.8) is 0 Å². The summed E-state index contributed by atoms with van der Waals surface area (Å²) in [5.74, 6) is 0. The van der Waals surface area contributed by atoms with Crippen molar-refractivity contribution in [3.8, 4) is 0 Å². The van der Waals surface area contributed by atoms with Gasteiger partial charge in [-0.25, -0.2) is 13.4 Å². The fourth-order valence-corrected chi connectivity index (χ4v) is 2.91. The third-order valence-corrected chi connectivity index (χ3v) is 5.28. The van der Waals surface area contributed by atoms with E-state index < -0.39 is 10.0 Å². The van der Waals surface area contributed by atoms with Crippen LogP contribution in [-0.2, 0) is 16.6 Å². The second-order valence-electron chi connectivity index (χ2n) is 5.79. The van der Waals surface area contributed by atoms with Crippen molar-refractivity contribution in [2.45, 2.75) is 30.5 Å². The van der Waals surface area contributed by atoms with Crippen LogP contribution in [0.4, 0.5) is 0 Å². The topological polar surface area (TPSA) is 65.5 Å². The molecule has 2 rings (SSSR count). The number of sulfonamides is 1. The number of hydrogen-bond acceptors (Lipinski definition) is 5. The summed E-state index contributed by atoms with van der Waals surface area (Å²) in [6, 6.07) is 4.05. The van der Waals surface area contributed by atoms with Crippen LogP contribution in [0.5, 0.6) is 0 Å². The minimum Gasteiger partial charge on any atom is -0.310 e. The largest absolute Gasteiger partial charge is 0.310 e. The van der Waals surface area contributed by atoms with E-state index in [0.29, 0.717) is 19.1 Å². The Kier molecular flexibility index (Phi) is 5.32. The Morgan fingerprint density at radius 2 is 1.95 bits per heavy atom. The summed E-state index contributed by atoms with van der Waals surface area (Å²) in [7, 11) is 1.93. The summed E-state index contributed by atoms with van der Waals surface area (Å²) in [6.07, 6.45) is 4.11. The van der Waals surface area contributed by atoms with E-state index in [-0.39, 0.29) is 5.03 Å². The van der Waals surface area contributed by atoms with E-state index >= 15 is 0 Å². The summed E-state index contributed by atoms with van der Waals surface area (Å²) in [6.45, 7) is 1.87. The molecule has 1 saturated carbocycles. The Labute approximate surface area is 127 Å². The zero-order valence-corrected chi connectivity index (χ0v) is 13.7. The van der Waals surface area contributed by atoms with E-state index in [0.717, 1.165) is 12.1 Å². The fraction of sp³-hybridized carbons (Fsp3) is 0.643. The third kappa shape index (κ3) is 4.74. The van der Waals surface area contributed by atoms with Gasteiger partial charge in [-0.3, -0.25) is 0 Å². The predicted octanol–water partition coefficient (Wildman–Crippen LogP) is 0.516. The lowest BCUT2D eigenvalue weighted by molar-refractivity contribution is 0.358. The van der Waals surface area contributed by atoms with E-state index in [2.05, 4.69) is 10.3 Å². The Bertz CT molecular complexity index is 553. The Morgan fingerprint density at radius 3 is 2.48 bits per heavy atom. The van der Waals surface area contributed by atoms with Crippen molar-refractivity contribution >= 4 is 10.0 Å². The third-order valence-electron chi connectivity index (χ3n) is 3.51. The maximum atomic E-state index is 12.4. The molecule has 0 aliphatic heterocycles. The van der Waals surface area contributed by atoms with Gasteiger partial charge >= 0.3 is 0 Å². The summed E-state index contributed by atoms with van der Waals surface area (Å²) < 4.78 is 26.1. The highest BCUT2D eigenvalue weighted by molar-refractivity contribution is 7.89. The molecule has 1 heterocycles. The van der Waals surface area contributed by atoms with Gasteiger partial charge in [0.2, 0.25) is 0 Å².